The molecule has 0 amide bonds. The second-order valence-electron chi connectivity index (χ2n) is 7.20. The van der Waals surface area contributed by atoms with E-state index in [0.717, 1.165) is 17.7 Å². The number of pyridine rings is 1. The van der Waals surface area contributed by atoms with Gasteiger partial charge in [0.05, 0.1) is 30.8 Å². The quantitative estimate of drug-likeness (QED) is 0.542. The number of nitrogens with zero attached hydrogens (tertiary/aromatic N) is 2. The number of aryl methyl sites for hydroxylation is 1. The van der Waals surface area contributed by atoms with Crippen molar-refractivity contribution >= 4 is 38.7 Å². The highest BCUT2D eigenvalue weighted by atomic mass is 32.2. The van der Waals surface area contributed by atoms with Crippen LogP contribution >= 0.6 is 12.2 Å². The van der Waals surface area contributed by atoms with Crippen molar-refractivity contribution in [2.45, 2.75) is 19.0 Å². The Bertz CT molecular complexity index is 1210. The number of anilines is 2. The molecule has 4 rings (SSSR count). The number of hydrogen-bond acceptors (Lipinski definition) is 6. The van der Waals surface area contributed by atoms with Crippen LogP contribution in [-0.4, -0.2) is 31.9 Å². The molecule has 10 heteroatoms. The first-order valence-electron chi connectivity index (χ1n) is 9.49. The molecule has 1 aliphatic heterocycles. The van der Waals surface area contributed by atoms with Gasteiger partial charge >= 0.3 is 0 Å². The fourth-order valence-corrected chi connectivity index (χ4v) is 4.56. The van der Waals surface area contributed by atoms with E-state index in [2.05, 4.69) is 15.0 Å². The third kappa shape index (κ3) is 4.35. The van der Waals surface area contributed by atoms with Crippen LogP contribution < -0.4 is 19.7 Å². The van der Waals surface area contributed by atoms with Crippen molar-refractivity contribution in [3.05, 3.63) is 71.9 Å². The summed E-state index contributed by atoms with van der Waals surface area (Å²) in [5.41, 5.74) is 1.82. The maximum absolute atomic E-state index is 11.8. The molecule has 1 aromatic carbocycles. The van der Waals surface area contributed by atoms with Gasteiger partial charge in [-0.1, -0.05) is 6.07 Å². The van der Waals surface area contributed by atoms with Gasteiger partial charge in [0.15, 0.2) is 5.11 Å². The molecule has 1 fully saturated rings. The van der Waals surface area contributed by atoms with Crippen LogP contribution in [0.3, 0.4) is 0 Å². The SMILES string of the molecule is COc1ccc(N2C(=S)N[C@H](c3ccccn3)[C@H]2c2ccc(C)o2)cc1NS(C)(=O)=O. The van der Waals surface area contributed by atoms with E-state index < -0.39 is 10.0 Å². The molecular weight excluding hydrogens is 436 g/mol. The largest absolute Gasteiger partial charge is 0.495 e. The van der Waals surface area contributed by atoms with Gasteiger partial charge in [-0.2, -0.15) is 0 Å². The first-order chi connectivity index (χ1) is 14.8. The van der Waals surface area contributed by atoms with Gasteiger partial charge in [0.25, 0.3) is 0 Å². The molecule has 0 spiro atoms. The Labute approximate surface area is 186 Å². The topological polar surface area (TPSA) is 96.7 Å². The lowest BCUT2D eigenvalue weighted by Crippen LogP contribution is -2.29. The zero-order chi connectivity index (χ0) is 22.2. The van der Waals surface area contributed by atoms with Gasteiger partial charge in [0.2, 0.25) is 10.0 Å². The number of ether oxygens (including phenoxy) is 1. The van der Waals surface area contributed by atoms with Gasteiger partial charge in [-0.3, -0.25) is 9.71 Å². The number of rotatable bonds is 6. The molecule has 3 heterocycles. The monoisotopic (exact) mass is 458 g/mol. The van der Waals surface area contributed by atoms with Crippen LogP contribution in [0.25, 0.3) is 0 Å². The Kier molecular flexibility index (Phi) is 5.59. The summed E-state index contributed by atoms with van der Waals surface area (Å²) in [4.78, 5) is 6.40. The first-order valence-corrected chi connectivity index (χ1v) is 11.8. The molecule has 8 nitrogen and oxygen atoms in total. The fraction of sp³-hybridized carbons (Fsp3) is 0.238. The van der Waals surface area contributed by atoms with Crippen LogP contribution in [-0.2, 0) is 10.0 Å². The summed E-state index contributed by atoms with van der Waals surface area (Å²) in [5, 5.41) is 3.81. The zero-order valence-electron chi connectivity index (χ0n) is 17.2. The standard InChI is InChI=1S/C21H22N4O4S2/c1-13-7-9-18(29-13)20-19(15-6-4-5-11-22-15)23-21(30)25(20)14-8-10-17(28-2)16(12-14)24-31(3,26)27/h4-12,19-20,24H,1-3H3,(H,23,30)/t19-,20-/m1/s1. The number of thiocarbonyl (C=S) groups is 1. The van der Waals surface area contributed by atoms with Crippen molar-refractivity contribution < 1.29 is 17.6 Å². The summed E-state index contributed by atoms with van der Waals surface area (Å²) in [6, 6.07) is 14.1. The number of sulfonamides is 1. The molecule has 1 aliphatic rings. The Balaban J connectivity index is 1.82. The second-order valence-corrected chi connectivity index (χ2v) is 9.34. The molecule has 0 unspecified atom stereocenters. The van der Waals surface area contributed by atoms with Crippen LogP contribution in [0.1, 0.15) is 29.3 Å². The second kappa shape index (κ2) is 8.20. The van der Waals surface area contributed by atoms with E-state index in [1.54, 1.807) is 18.3 Å². The fourth-order valence-electron chi connectivity index (χ4n) is 3.66. The lowest BCUT2D eigenvalue weighted by atomic mass is 10.0. The van der Waals surface area contributed by atoms with Crippen LogP contribution in [0.5, 0.6) is 5.75 Å². The number of hydrogen-bond donors (Lipinski definition) is 2. The maximum Gasteiger partial charge on any atom is 0.229 e. The normalized spacial score (nSPS) is 18.7. The van der Waals surface area contributed by atoms with Crippen molar-refractivity contribution in [2.24, 2.45) is 0 Å². The van der Waals surface area contributed by atoms with E-state index in [4.69, 9.17) is 21.4 Å². The summed E-state index contributed by atoms with van der Waals surface area (Å²) in [7, 11) is -2.02. The van der Waals surface area contributed by atoms with Gasteiger partial charge in [-0.25, -0.2) is 8.42 Å². The molecule has 0 saturated carbocycles. The van der Waals surface area contributed by atoms with E-state index in [-0.39, 0.29) is 12.1 Å². The van der Waals surface area contributed by atoms with Crippen LogP contribution in [0.4, 0.5) is 11.4 Å². The van der Waals surface area contributed by atoms with Crippen molar-refractivity contribution in [3.8, 4) is 5.75 Å². The Morgan fingerprint density at radius 3 is 2.65 bits per heavy atom. The number of furan rings is 1. The van der Waals surface area contributed by atoms with Gasteiger partial charge in [-0.15, -0.1) is 0 Å². The number of methoxy groups -OCH3 is 1. The maximum atomic E-state index is 11.8. The van der Waals surface area contributed by atoms with Crippen molar-refractivity contribution in [3.63, 3.8) is 0 Å². The molecule has 0 bridgehead atoms. The first kappa shape index (κ1) is 21.1. The minimum absolute atomic E-state index is 0.257. The molecule has 2 N–H and O–H groups in total. The lowest BCUT2D eigenvalue weighted by molar-refractivity contribution is 0.415. The van der Waals surface area contributed by atoms with E-state index in [9.17, 15) is 8.42 Å². The molecule has 3 aromatic rings. The zero-order valence-corrected chi connectivity index (χ0v) is 18.8. The Morgan fingerprint density at radius 1 is 1.23 bits per heavy atom. The molecule has 2 aromatic heterocycles. The summed E-state index contributed by atoms with van der Waals surface area (Å²) in [6.07, 6.45) is 2.82. The van der Waals surface area contributed by atoms with Crippen molar-refractivity contribution in [2.75, 3.05) is 23.0 Å². The van der Waals surface area contributed by atoms with Crippen molar-refractivity contribution in [1.82, 2.24) is 10.3 Å². The highest BCUT2D eigenvalue weighted by molar-refractivity contribution is 7.92. The number of aromatic nitrogens is 1. The molecule has 162 valence electrons. The van der Waals surface area contributed by atoms with Gasteiger partial charge in [0, 0.05) is 11.9 Å². The molecule has 0 aliphatic carbocycles. The van der Waals surface area contributed by atoms with Crippen LogP contribution in [0, 0.1) is 6.92 Å². The average Bonchev–Trinajstić information content (AvgIpc) is 3.30. The Morgan fingerprint density at radius 2 is 2.03 bits per heavy atom. The summed E-state index contributed by atoms with van der Waals surface area (Å²) >= 11 is 5.67. The Hall–Kier alpha value is -3.11. The molecular formula is C21H22N4O4S2. The smallest absolute Gasteiger partial charge is 0.229 e. The van der Waals surface area contributed by atoms with E-state index in [1.807, 2.05) is 48.2 Å². The van der Waals surface area contributed by atoms with Gasteiger partial charge < -0.3 is 19.4 Å². The molecule has 0 radical (unpaired) electrons. The molecule has 2 atom stereocenters. The molecule has 31 heavy (non-hydrogen) atoms. The minimum Gasteiger partial charge on any atom is -0.495 e. The molecule has 1 saturated heterocycles. The minimum atomic E-state index is -3.51. The van der Waals surface area contributed by atoms with E-state index in [0.29, 0.717) is 28.0 Å². The summed E-state index contributed by atoms with van der Waals surface area (Å²) in [6.45, 7) is 1.88. The predicted molar refractivity (Wildman–Crippen MR) is 123 cm³/mol. The van der Waals surface area contributed by atoms with Crippen LogP contribution in [0.15, 0.2) is 59.1 Å². The summed E-state index contributed by atoms with van der Waals surface area (Å²) in [5.74, 6) is 1.90. The van der Waals surface area contributed by atoms with Gasteiger partial charge in [-0.05, 0) is 61.6 Å². The third-order valence-corrected chi connectivity index (χ3v) is 5.81. The van der Waals surface area contributed by atoms with Crippen LogP contribution in [0.2, 0.25) is 0 Å². The highest BCUT2D eigenvalue weighted by Gasteiger charge is 2.42. The third-order valence-electron chi connectivity index (χ3n) is 4.91. The number of nitrogens with one attached hydrogen (secondary N) is 2. The highest BCUT2D eigenvalue weighted by Crippen LogP contribution is 2.43. The van der Waals surface area contributed by atoms with Gasteiger partial charge in [0.1, 0.15) is 23.3 Å². The van der Waals surface area contributed by atoms with Crippen molar-refractivity contribution in [1.29, 1.82) is 0 Å². The van der Waals surface area contributed by atoms with E-state index >= 15 is 0 Å². The number of benzene rings is 1. The summed E-state index contributed by atoms with van der Waals surface area (Å²) < 4.78 is 37.5. The predicted octanol–water partition coefficient (Wildman–Crippen LogP) is 3.54. The van der Waals surface area contributed by atoms with E-state index in [1.165, 1.54) is 7.11 Å². The average molecular weight is 459 g/mol. The lowest BCUT2D eigenvalue weighted by Gasteiger charge is -2.27.